The van der Waals surface area contributed by atoms with E-state index in [2.05, 4.69) is 20.9 Å². The summed E-state index contributed by atoms with van der Waals surface area (Å²) >= 11 is 0. The van der Waals surface area contributed by atoms with E-state index in [0.717, 1.165) is 12.1 Å². The van der Waals surface area contributed by atoms with Gasteiger partial charge in [-0.2, -0.15) is 10.2 Å². The van der Waals surface area contributed by atoms with E-state index in [1.54, 1.807) is 29.8 Å². The van der Waals surface area contributed by atoms with Crippen molar-refractivity contribution in [1.29, 1.82) is 0 Å². The van der Waals surface area contributed by atoms with Gasteiger partial charge in [-0.15, -0.1) is 0 Å². The summed E-state index contributed by atoms with van der Waals surface area (Å²) in [6.07, 6.45) is 0.753. The Balaban J connectivity index is 1.47. The Bertz CT molecular complexity index is 1680. The molecule has 2 aromatic carbocycles. The third-order valence-corrected chi connectivity index (χ3v) is 7.31. The minimum absolute atomic E-state index is 0.157. The monoisotopic (exact) mass is 621 g/mol. The third kappa shape index (κ3) is 6.77. The van der Waals surface area contributed by atoms with Gasteiger partial charge in [0.15, 0.2) is 11.6 Å². The molecule has 1 fully saturated rings. The van der Waals surface area contributed by atoms with Crippen LogP contribution in [-0.4, -0.2) is 78.8 Å². The van der Waals surface area contributed by atoms with Crippen LogP contribution in [0.15, 0.2) is 60.8 Å². The highest BCUT2D eigenvalue weighted by Crippen LogP contribution is 2.33. The number of urea groups is 1. The second-order valence-electron chi connectivity index (χ2n) is 10.2. The number of hydroxylamine groups is 2. The number of nitrogens with zero attached hydrogens (tertiary/aromatic N) is 4. The second-order valence-corrected chi connectivity index (χ2v) is 10.2. The fourth-order valence-corrected chi connectivity index (χ4v) is 5.06. The summed E-state index contributed by atoms with van der Waals surface area (Å²) in [7, 11) is 4.49. The summed E-state index contributed by atoms with van der Waals surface area (Å²) in [5.74, 6) is -1.86. The number of carbonyl (C=O) groups is 2. The zero-order chi connectivity index (χ0) is 32.1. The Kier molecular flexibility index (Phi) is 9.66. The molecule has 12 nitrogen and oxygen atoms in total. The molecule has 0 radical (unpaired) electrons. The summed E-state index contributed by atoms with van der Waals surface area (Å²) in [6, 6.07) is 13.1. The minimum Gasteiger partial charge on any atom is -0.480 e. The van der Waals surface area contributed by atoms with Gasteiger partial charge < -0.3 is 20.1 Å². The molecule has 236 valence electrons. The van der Waals surface area contributed by atoms with Crippen LogP contribution in [0, 0.1) is 18.6 Å². The second kappa shape index (κ2) is 13.8. The lowest BCUT2D eigenvalue weighted by Gasteiger charge is -2.20. The predicted octanol–water partition coefficient (Wildman–Crippen LogP) is 4.01. The van der Waals surface area contributed by atoms with Crippen LogP contribution in [0.1, 0.15) is 27.6 Å². The van der Waals surface area contributed by atoms with E-state index in [0.29, 0.717) is 47.0 Å². The average Bonchev–Trinajstić information content (AvgIpc) is 3.60. The number of para-hydroxylation sites is 1. The fourth-order valence-electron chi connectivity index (χ4n) is 5.06. The predicted molar refractivity (Wildman–Crippen MR) is 161 cm³/mol. The van der Waals surface area contributed by atoms with Crippen molar-refractivity contribution in [1.82, 2.24) is 30.5 Å². The molecule has 2 aromatic heterocycles. The summed E-state index contributed by atoms with van der Waals surface area (Å²) in [4.78, 5) is 36.4. The van der Waals surface area contributed by atoms with Gasteiger partial charge in [0, 0.05) is 44.6 Å². The van der Waals surface area contributed by atoms with Crippen molar-refractivity contribution >= 4 is 17.8 Å². The number of aromatic nitrogens is 3. The number of amides is 3. The van der Waals surface area contributed by atoms with E-state index in [1.165, 1.54) is 26.4 Å². The molecule has 1 aliphatic rings. The van der Waals surface area contributed by atoms with E-state index in [-0.39, 0.29) is 23.9 Å². The maximum Gasteiger partial charge on any atom is 0.320 e. The molecule has 1 saturated heterocycles. The standard InChI is InChI=1S/C31H33F2N7O5/c1-18-26(20-14-22(29(41)34-2)30(44-4)35-16-20)38-40(21-8-6-5-7-9-21)28(18)37-31(42)36-25-17-39(12-13-43-3)45-27(25)19-10-11-23(32)24(33)15-19/h5-11,14-16,25,27H,12-13,17H2,1-4H3,(H,34,41)(H2,36,37,42)/t25-,27+/m1/s1. The molecule has 5 rings (SSSR count). The van der Waals surface area contributed by atoms with Crippen LogP contribution < -0.4 is 20.7 Å². The topological polar surface area (TPSA) is 132 Å². The summed E-state index contributed by atoms with van der Waals surface area (Å²) < 4.78 is 39.8. The van der Waals surface area contributed by atoms with Crippen molar-refractivity contribution < 1.29 is 32.7 Å². The number of carbonyl (C=O) groups excluding carboxylic acids is 2. The molecule has 45 heavy (non-hydrogen) atoms. The quantitative estimate of drug-likeness (QED) is 0.242. The number of ether oxygens (including phenoxy) is 2. The fraction of sp³-hybridized carbons (Fsp3) is 0.290. The van der Waals surface area contributed by atoms with Crippen molar-refractivity contribution in [2.75, 3.05) is 46.3 Å². The minimum atomic E-state index is -1.02. The number of nitrogens with one attached hydrogen (secondary N) is 3. The molecule has 1 aliphatic heterocycles. The molecule has 3 heterocycles. The lowest BCUT2D eigenvalue weighted by molar-refractivity contribution is -0.154. The van der Waals surface area contributed by atoms with Crippen LogP contribution in [0.25, 0.3) is 16.9 Å². The number of anilines is 1. The van der Waals surface area contributed by atoms with Crippen LogP contribution in [0.2, 0.25) is 0 Å². The van der Waals surface area contributed by atoms with E-state index >= 15 is 0 Å². The highest BCUT2D eigenvalue weighted by Gasteiger charge is 2.37. The van der Waals surface area contributed by atoms with Gasteiger partial charge in [0.25, 0.3) is 5.91 Å². The first kappa shape index (κ1) is 31.5. The van der Waals surface area contributed by atoms with E-state index < -0.39 is 29.8 Å². The molecule has 14 heteroatoms. The van der Waals surface area contributed by atoms with Gasteiger partial charge in [0.2, 0.25) is 5.88 Å². The Morgan fingerprint density at radius 3 is 2.56 bits per heavy atom. The third-order valence-electron chi connectivity index (χ3n) is 7.31. The largest absolute Gasteiger partial charge is 0.480 e. The Hall–Kier alpha value is -4.92. The van der Waals surface area contributed by atoms with Gasteiger partial charge in [-0.25, -0.2) is 23.2 Å². The molecule has 2 atom stereocenters. The van der Waals surface area contributed by atoms with Crippen LogP contribution in [0.5, 0.6) is 5.88 Å². The maximum absolute atomic E-state index is 14.1. The smallest absolute Gasteiger partial charge is 0.320 e. The number of halogens is 2. The molecule has 0 bridgehead atoms. The van der Waals surface area contributed by atoms with Gasteiger partial charge in [0.1, 0.15) is 17.5 Å². The number of rotatable bonds is 10. The van der Waals surface area contributed by atoms with Crippen molar-refractivity contribution in [3.8, 4) is 22.8 Å². The van der Waals surface area contributed by atoms with Crippen molar-refractivity contribution in [2.45, 2.75) is 19.1 Å². The number of hydrogen-bond donors (Lipinski definition) is 3. The molecule has 4 aromatic rings. The molecule has 0 spiro atoms. The SMILES string of the molecule is CNC(=O)c1cc(-c2nn(-c3ccccc3)c(NC(=O)N[C@@H]3CN(CCOC)O[C@H]3c3ccc(F)c(F)c3)c2C)cnc1OC. The summed E-state index contributed by atoms with van der Waals surface area (Å²) in [6.45, 7) is 2.82. The van der Waals surface area contributed by atoms with E-state index in [4.69, 9.17) is 19.4 Å². The lowest BCUT2D eigenvalue weighted by Crippen LogP contribution is -2.42. The Morgan fingerprint density at radius 1 is 1.09 bits per heavy atom. The van der Waals surface area contributed by atoms with Gasteiger partial charge >= 0.3 is 6.03 Å². The van der Waals surface area contributed by atoms with Crippen LogP contribution in [-0.2, 0) is 9.57 Å². The average molecular weight is 622 g/mol. The lowest BCUT2D eigenvalue weighted by atomic mass is 10.0. The first-order chi connectivity index (χ1) is 21.7. The van der Waals surface area contributed by atoms with Gasteiger partial charge in [0.05, 0.1) is 31.1 Å². The van der Waals surface area contributed by atoms with E-state index in [9.17, 15) is 18.4 Å². The van der Waals surface area contributed by atoms with Gasteiger partial charge in [-0.05, 0) is 42.8 Å². The molecule has 3 N–H and O–H groups in total. The van der Waals surface area contributed by atoms with Crippen molar-refractivity contribution in [2.24, 2.45) is 0 Å². The first-order valence-electron chi connectivity index (χ1n) is 14.1. The van der Waals surface area contributed by atoms with E-state index in [1.807, 2.05) is 30.3 Å². The normalized spacial score (nSPS) is 16.4. The highest BCUT2D eigenvalue weighted by atomic mass is 19.2. The number of benzene rings is 2. The number of hydrogen-bond acceptors (Lipinski definition) is 8. The van der Waals surface area contributed by atoms with Crippen LogP contribution in [0.3, 0.4) is 0 Å². The molecular formula is C31H33F2N7O5. The Labute approximate surface area is 258 Å². The first-order valence-corrected chi connectivity index (χ1v) is 14.1. The molecule has 0 aliphatic carbocycles. The molecular weight excluding hydrogens is 588 g/mol. The number of pyridine rings is 1. The van der Waals surface area contributed by atoms with Crippen molar-refractivity contribution in [3.63, 3.8) is 0 Å². The van der Waals surface area contributed by atoms with Crippen LogP contribution in [0.4, 0.5) is 19.4 Å². The highest BCUT2D eigenvalue weighted by molar-refractivity contribution is 5.97. The van der Waals surface area contributed by atoms with Gasteiger partial charge in [-0.3, -0.25) is 14.9 Å². The molecule has 3 amide bonds. The molecule has 0 saturated carbocycles. The van der Waals surface area contributed by atoms with Crippen molar-refractivity contribution in [3.05, 3.63) is 89.1 Å². The summed E-state index contributed by atoms with van der Waals surface area (Å²) in [5, 5.41) is 14.8. The maximum atomic E-state index is 14.1. The van der Waals surface area contributed by atoms with Gasteiger partial charge in [-0.1, -0.05) is 24.3 Å². The number of methoxy groups -OCH3 is 2. The zero-order valence-corrected chi connectivity index (χ0v) is 25.1. The molecule has 0 unspecified atom stereocenters. The van der Waals surface area contributed by atoms with Crippen LogP contribution >= 0.6 is 0 Å². The zero-order valence-electron chi connectivity index (χ0n) is 25.1. The summed E-state index contributed by atoms with van der Waals surface area (Å²) in [5.41, 5.74) is 2.87. The Morgan fingerprint density at radius 2 is 1.87 bits per heavy atom.